The van der Waals surface area contributed by atoms with Crippen molar-refractivity contribution in [3.05, 3.63) is 25.3 Å². The first-order valence-corrected chi connectivity index (χ1v) is 42.1. The number of carbonyl (C=O) groups is 7. The lowest BCUT2D eigenvalue weighted by Gasteiger charge is -2.30. The van der Waals surface area contributed by atoms with Gasteiger partial charge in [0.15, 0.2) is 45.6 Å². The van der Waals surface area contributed by atoms with Crippen LogP contribution in [0.4, 0.5) is 11.6 Å². The Bertz CT molecular complexity index is 4120. The fraction of sp³-hybridized carbons (Fsp3) is 0.660. The van der Waals surface area contributed by atoms with Gasteiger partial charge in [0.1, 0.15) is 78.3 Å². The smallest absolute Gasteiger partial charge is 0.393 e. The van der Waals surface area contributed by atoms with Gasteiger partial charge in [-0.2, -0.15) is 8.62 Å². The van der Waals surface area contributed by atoms with Crippen LogP contribution in [0.1, 0.15) is 79.7 Å². The maximum atomic E-state index is 12.6. The van der Waals surface area contributed by atoms with Crippen molar-refractivity contribution in [2.24, 2.45) is 10.8 Å². The van der Waals surface area contributed by atoms with E-state index in [0.717, 1.165) is 58.0 Å². The molecule has 58 heteroatoms. The number of nitrogens with two attached hydrogens (primary N) is 2. The monoisotopic (exact) mass is 1700 g/mol. The van der Waals surface area contributed by atoms with E-state index >= 15 is 0 Å². The predicted octanol–water partition coefficient (Wildman–Crippen LogP) is -2.92. The van der Waals surface area contributed by atoms with Gasteiger partial charge in [-0.15, -0.1) is 0 Å². The molecule has 6 rings (SSSR count). The number of Topliss-reactive ketones (excluding diaryl/α,β-unsaturated/α-hetero) is 1. The van der Waals surface area contributed by atoms with E-state index in [1.165, 1.54) is 41.5 Å². The lowest BCUT2D eigenvalue weighted by Crippen LogP contribution is -2.46. The summed E-state index contributed by atoms with van der Waals surface area (Å²) in [5.41, 5.74) is 8.45. The molecule has 0 aliphatic carbocycles. The summed E-state index contributed by atoms with van der Waals surface area (Å²) in [6, 6.07) is 0. The Labute approximate surface area is 619 Å². The summed E-state index contributed by atoms with van der Waals surface area (Å²) in [5.74, 6) is -2.86. The first-order valence-electron chi connectivity index (χ1n) is 31.1. The predicted molar refractivity (Wildman–Crippen MR) is 366 cm³/mol. The molecule has 5 unspecified atom stereocenters. The molecule has 0 spiro atoms. The Hall–Kier alpha value is -5.25. The molecule has 15 atom stereocenters. The highest BCUT2D eigenvalue weighted by molar-refractivity contribution is 8.13. The summed E-state index contributed by atoms with van der Waals surface area (Å²) < 4.78 is 124. The Morgan fingerprint density at radius 3 is 1.27 bits per heavy atom. The molecule has 4 amide bonds. The highest BCUT2D eigenvalue weighted by atomic mass is 32.2. The van der Waals surface area contributed by atoms with E-state index in [1.54, 1.807) is 0 Å². The van der Waals surface area contributed by atoms with Crippen LogP contribution in [0.15, 0.2) is 25.3 Å². The third-order valence-corrected chi connectivity index (χ3v) is 22.4. The lowest BCUT2D eigenvalue weighted by atomic mass is 9.87. The Kier molecular flexibility index (Phi) is 34.5. The van der Waals surface area contributed by atoms with Crippen LogP contribution in [0.5, 0.6) is 0 Å². The lowest BCUT2D eigenvalue weighted by molar-refractivity contribution is -0.137. The van der Waals surface area contributed by atoms with Crippen molar-refractivity contribution in [2.75, 3.05) is 75.6 Å². The molecule has 2 aliphatic heterocycles. The molecule has 0 bridgehead atoms. The third kappa shape index (κ3) is 30.0. The minimum absolute atomic E-state index is 0.0240. The number of nitrogen functional groups attached to an aromatic ring is 2. The number of nitrogens with one attached hydrogen (secondary N) is 4. The topological polar surface area (TPSA) is 765 Å². The van der Waals surface area contributed by atoms with Crippen molar-refractivity contribution in [3.63, 3.8) is 0 Å². The van der Waals surface area contributed by atoms with Gasteiger partial charge in [-0.3, -0.25) is 69.8 Å². The summed E-state index contributed by atoms with van der Waals surface area (Å²) in [6.07, 6.45) is -15.0. The summed E-state index contributed by atoms with van der Waals surface area (Å²) >= 11 is 1.82. The van der Waals surface area contributed by atoms with Gasteiger partial charge in [0.25, 0.3) is 0 Å². The summed E-state index contributed by atoms with van der Waals surface area (Å²) in [6.45, 7) is 3.41. The zero-order valence-electron chi connectivity index (χ0n) is 57.5. The molecule has 4 aromatic heterocycles. The minimum Gasteiger partial charge on any atom is -0.393 e. The van der Waals surface area contributed by atoms with Gasteiger partial charge in [0.2, 0.25) is 23.6 Å². The largest absolute Gasteiger partial charge is 0.481 e. The maximum absolute atomic E-state index is 12.6. The number of phosphoric acid groups is 6. The van der Waals surface area contributed by atoms with Crippen LogP contribution in [0.3, 0.4) is 0 Å². The highest BCUT2D eigenvalue weighted by Gasteiger charge is 2.53. The number of anilines is 2. The fourth-order valence-corrected chi connectivity index (χ4v) is 16.3. The number of imidazole rings is 2. The Morgan fingerprint density at radius 1 is 0.556 bits per heavy atom. The molecule has 610 valence electrons. The highest BCUT2D eigenvalue weighted by Crippen LogP contribution is 2.63. The average Bonchev–Trinajstić information content (AvgIpc) is 1.62. The van der Waals surface area contributed by atoms with E-state index in [0.29, 0.717) is 0 Å². The number of hydrogen-bond acceptors (Lipinski definition) is 38. The quantitative estimate of drug-likeness (QED) is 0.0120. The number of amides is 4. The van der Waals surface area contributed by atoms with Crippen LogP contribution >= 0.6 is 70.5 Å². The van der Waals surface area contributed by atoms with Gasteiger partial charge >= 0.3 is 46.9 Å². The molecular formula is C50H82N14O36P6S2. The number of ether oxygens (including phenoxy) is 2. The molecule has 2 fully saturated rings. The van der Waals surface area contributed by atoms with Crippen LogP contribution in [0, 0.1) is 10.8 Å². The number of nitrogens with zero attached hydrogens (tertiary/aromatic N) is 8. The number of aliphatic hydroxyl groups excluding tert-OH is 5. The van der Waals surface area contributed by atoms with Crippen LogP contribution < -0.4 is 32.7 Å². The number of carbonyl (C=O) groups excluding carboxylic acids is 7. The van der Waals surface area contributed by atoms with Crippen LogP contribution in [0.25, 0.3) is 22.3 Å². The van der Waals surface area contributed by atoms with Gasteiger partial charge in [-0.1, -0.05) is 51.2 Å². The van der Waals surface area contributed by atoms with E-state index < -0.39 is 175 Å². The summed E-state index contributed by atoms with van der Waals surface area (Å²) in [7, 11) is -32.8. The van der Waals surface area contributed by atoms with Gasteiger partial charge in [0.05, 0.1) is 51.6 Å². The molecule has 21 N–H and O–H groups in total. The number of aromatic nitrogens is 8. The summed E-state index contributed by atoms with van der Waals surface area (Å²) in [4.78, 5) is 185. The minimum atomic E-state index is -5.58. The standard InChI is InChI=1S/C25H42N7O18P3S.C25H40N7O18P3S/c2*1-13(33)8-16(35)54-7-6-27-15(34)4-5-28-23(38)20(37)25(2,3)10-47-53(44,45)50-52(42,43)46-9-14-19(49-51(39,40)41)18(36)24(48-14)32-12-31-17-21(26)29-11-30-22(17)32/h11-14,18-20,24,33,36-37H,4-10H2,1-3H3,(H,27,34)(H,28,38)(H,42,43)(H,44,45)(H2,26,29,30)(H2,39,40,41);11-12,14,18-20,24,36-37H,4-10H2,1-3H3,(H,27,34)(H,28,38)(H,42,43)(H,44,45)(H2,26,29,30)(H2,39,40,41)/t13?,14-,18-,19-,20+,24-;14-,18-,19-,20+,24-/m11/s1. The van der Waals surface area contributed by atoms with Crippen LogP contribution in [-0.2, 0) is 106 Å². The molecule has 0 radical (unpaired) electrons. The molecule has 0 aromatic carbocycles. The van der Waals surface area contributed by atoms with Crippen molar-refractivity contribution in [1.29, 1.82) is 0 Å². The summed E-state index contributed by atoms with van der Waals surface area (Å²) in [5, 5.41) is 61.0. The zero-order valence-corrected chi connectivity index (χ0v) is 64.5. The maximum Gasteiger partial charge on any atom is 0.481 e. The SMILES string of the molecule is CC(=O)CC(=O)SCCNC(=O)CCNC(=O)[C@H](O)C(C)(C)COP(=O)(O)OP(=O)(O)OC[C@H]1O[C@@H](n2cnc3c(N)ncnc32)[C@H](O)[C@@H]1OP(=O)(O)O.CC(O)CC(=O)SCCNC(=O)CCNC(=O)[C@H](O)C(C)(C)COP(=O)(O)OP(=O)(O)OC[C@H]1O[C@@H](n2cnc3c(N)ncnc32)[C@H](O)[C@@H]1OP(=O)(O)O. The van der Waals surface area contributed by atoms with Crippen LogP contribution in [-0.4, -0.2) is 262 Å². The second kappa shape index (κ2) is 40.0. The molecule has 0 saturated carbocycles. The third-order valence-electron chi connectivity index (χ3n) is 14.4. The number of fused-ring (bicyclic) bond motifs is 2. The Balaban J connectivity index is 0.000000387. The van der Waals surface area contributed by atoms with E-state index in [4.69, 9.17) is 39.0 Å². The number of ketones is 1. The number of hydrogen-bond donors (Lipinski definition) is 19. The second-order valence-corrected chi connectivity index (χ2v) is 35.3. The number of thioether (sulfide) groups is 2. The first kappa shape index (κ1) is 93.4. The number of aliphatic hydroxyl groups is 5. The Morgan fingerprint density at radius 2 is 0.917 bits per heavy atom. The zero-order chi connectivity index (χ0) is 81.3. The van der Waals surface area contributed by atoms with Gasteiger partial charge < -0.3 is 107 Å². The fourth-order valence-electron chi connectivity index (χ4n) is 9.14. The van der Waals surface area contributed by atoms with Gasteiger partial charge in [0, 0.05) is 67.8 Å². The van der Waals surface area contributed by atoms with Crippen molar-refractivity contribution < 1.29 is 171 Å². The van der Waals surface area contributed by atoms with E-state index in [1.807, 2.05) is 0 Å². The number of phosphoric ester groups is 6. The van der Waals surface area contributed by atoms with Gasteiger partial charge in [-0.05, 0) is 13.8 Å². The van der Waals surface area contributed by atoms with Crippen molar-refractivity contribution >= 4 is 144 Å². The average molecular weight is 1710 g/mol. The molecule has 2 aliphatic rings. The molecule has 50 nitrogen and oxygen atoms in total. The molecule has 6 heterocycles. The van der Waals surface area contributed by atoms with Crippen molar-refractivity contribution in [2.45, 2.75) is 135 Å². The molecular weight excluding hydrogens is 1620 g/mol. The van der Waals surface area contributed by atoms with E-state index in [9.17, 15) is 126 Å². The van der Waals surface area contributed by atoms with E-state index in [2.05, 4.69) is 68.8 Å². The van der Waals surface area contributed by atoms with E-state index in [-0.39, 0.29) is 113 Å². The molecule has 108 heavy (non-hydrogen) atoms. The molecule has 2 saturated heterocycles. The number of rotatable bonds is 42. The van der Waals surface area contributed by atoms with Crippen molar-refractivity contribution in [3.8, 4) is 0 Å². The van der Waals surface area contributed by atoms with Gasteiger partial charge in [-0.25, -0.2) is 57.3 Å². The normalized spacial score (nSPS) is 22.3. The van der Waals surface area contributed by atoms with Crippen molar-refractivity contribution in [1.82, 2.24) is 60.3 Å². The van der Waals surface area contributed by atoms with Crippen LogP contribution in [0.2, 0.25) is 0 Å². The second-order valence-electron chi connectivity index (χ2n) is 24.5. The molecule has 4 aromatic rings. The first-order chi connectivity index (χ1) is 49.8.